The zero-order valence-electron chi connectivity index (χ0n) is 19.9. The molecular weight excluding hydrogens is 468 g/mol. The number of carbonyl (C=O) groups is 2. The lowest BCUT2D eigenvalue weighted by Crippen LogP contribution is -2.51. The van der Waals surface area contributed by atoms with Crippen LogP contribution in [0, 0.1) is 11.6 Å². The van der Waals surface area contributed by atoms with Gasteiger partial charge in [-0.1, -0.05) is 36.4 Å². The molecule has 9 heteroatoms. The van der Waals surface area contributed by atoms with Crippen LogP contribution < -0.4 is 15.5 Å². The lowest BCUT2D eigenvalue weighted by Gasteiger charge is -2.41. The summed E-state index contributed by atoms with van der Waals surface area (Å²) in [5, 5.41) is 2.53. The number of hydrogen-bond acceptors (Lipinski definition) is 4. The minimum Gasteiger partial charge on any atom is -0.483 e. The fourth-order valence-electron chi connectivity index (χ4n) is 4.87. The van der Waals surface area contributed by atoms with E-state index >= 15 is 0 Å². The molecule has 1 N–H and O–H groups in total. The first-order valence-corrected chi connectivity index (χ1v) is 11.7. The molecule has 36 heavy (non-hydrogen) atoms. The third-order valence-corrected chi connectivity index (χ3v) is 7.25. The highest BCUT2D eigenvalue weighted by Gasteiger charge is 2.57. The van der Waals surface area contributed by atoms with E-state index in [9.17, 15) is 23.2 Å². The Morgan fingerprint density at radius 3 is 2.53 bits per heavy atom. The molecule has 1 aliphatic heterocycles. The van der Waals surface area contributed by atoms with Crippen LogP contribution in [0.25, 0.3) is 0 Å². The number of likely N-dealkylation sites (N-methyl/N-ethyl adjacent to an activating group) is 1. The van der Waals surface area contributed by atoms with Crippen LogP contribution in [-0.4, -0.2) is 33.9 Å². The van der Waals surface area contributed by atoms with E-state index in [2.05, 4.69) is 5.32 Å². The minimum atomic E-state index is -0.803. The van der Waals surface area contributed by atoms with Crippen LogP contribution in [0.1, 0.15) is 57.8 Å². The molecule has 0 bridgehead atoms. The number of aromatic nitrogens is 1. The molecule has 5 rings (SSSR count). The molecule has 2 amide bonds. The maximum Gasteiger partial charge on any atom is 0.274 e. The molecule has 1 aromatic heterocycles. The first-order chi connectivity index (χ1) is 17.2. The van der Waals surface area contributed by atoms with Gasteiger partial charge in [0.15, 0.2) is 11.4 Å². The van der Waals surface area contributed by atoms with Crippen molar-refractivity contribution in [2.45, 2.75) is 44.5 Å². The van der Waals surface area contributed by atoms with Crippen LogP contribution in [0.15, 0.2) is 59.5 Å². The van der Waals surface area contributed by atoms with Crippen molar-refractivity contribution < 1.29 is 23.1 Å². The van der Waals surface area contributed by atoms with Crippen molar-refractivity contribution in [2.75, 3.05) is 7.05 Å². The normalized spacial score (nSPS) is 17.6. The van der Waals surface area contributed by atoms with Crippen LogP contribution in [0.3, 0.4) is 0 Å². The van der Waals surface area contributed by atoms with Crippen LogP contribution in [-0.2, 0) is 13.2 Å². The Hall–Kier alpha value is -4.01. The zero-order chi connectivity index (χ0) is 25.6. The molecule has 1 fully saturated rings. The second-order valence-corrected chi connectivity index (χ2v) is 9.29. The number of benzene rings is 2. The molecule has 7 nitrogen and oxygen atoms in total. The molecule has 1 saturated carbocycles. The van der Waals surface area contributed by atoms with Crippen molar-refractivity contribution >= 4 is 11.8 Å². The second kappa shape index (κ2) is 8.89. The van der Waals surface area contributed by atoms with Crippen LogP contribution in [0.4, 0.5) is 8.78 Å². The van der Waals surface area contributed by atoms with E-state index < -0.39 is 23.0 Å². The third-order valence-electron chi connectivity index (χ3n) is 7.25. The number of ether oxygens (including phenoxy) is 1. The number of rotatable bonds is 6. The Kier molecular flexibility index (Phi) is 5.86. The number of nitrogens with zero attached hydrogens (tertiary/aromatic N) is 2. The number of nitrogens with one attached hydrogen (secondary N) is 1. The summed E-state index contributed by atoms with van der Waals surface area (Å²) in [7, 11) is 1.72. The Bertz CT molecular complexity index is 1420. The summed E-state index contributed by atoms with van der Waals surface area (Å²) < 4.78 is 34.8. The SMILES string of the molecule is C[C@@H]1n2cc(C(=O)NCc3ccc(F)cc3F)c(=O)c(OCc3ccccc3)c2C(=O)N(C)C12CC2. The predicted octanol–water partition coefficient (Wildman–Crippen LogP) is 3.81. The van der Waals surface area contributed by atoms with Gasteiger partial charge in [-0.15, -0.1) is 0 Å². The summed E-state index contributed by atoms with van der Waals surface area (Å²) in [6.45, 7) is 1.74. The number of halogens is 2. The van der Waals surface area contributed by atoms with Gasteiger partial charge in [-0.3, -0.25) is 14.4 Å². The van der Waals surface area contributed by atoms with Crippen molar-refractivity contribution in [3.8, 4) is 5.75 Å². The molecule has 1 aliphatic carbocycles. The molecule has 1 spiro atoms. The standard InChI is InChI=1S/C27H25F2N3O4/c1-16-27(10-11-27)31(2)26(35)22-24(36-15-17-6-4-3-5-7-17)23(33)20(14-32(16)22)25(34)30-13-18-8-9-19(28)12-21(18)29/h3-9,12,14,16H,10-11,13,15H2,1-2H3,(H,30,34)/t16-/m0/s1. The van der Waals surface area contributed by atoms with Crippen LogP contribution >= 0.6 is 0 Å². The Labute approximate surface area is 206 Å². The molecule has 0 unspecified atom stereocenters. The maximum atomic E-state index is 14.0. The van der Waals surface area contributed by atoms with Gasteiger partial charge in [0.1, 0.15) is 23.8 Å². The molecular formula is C27H25F2N3O4. The maximum absolute atomic E-state index is 14.0. The van der Waals surface area contributed by atoms with E-state index in [0.29, 0.717) is 0 Å². The highest BCUT2D eigenvalue weighted by Crippen LogP contribution is 2.53. The van der Waals surface area contributed by atoms with E-state index in [-0.39, 0.29) is 53.2 Å². The quantitative estimate of drug-likeness (QED) is 0.566. The van der Waals surface area contributed by atoms with Gasteiger partial charge >= 0.3 is 0 Å². The molecule has 1 atom stereocenters. The fourth-order valence-corrected chi connectivity index (χ4v) is 4.87. The topological polar surface area (TPSA) is 80.6 Å². The molecule has 2 heterocycles. The van der Waals surface area contributed by atoms with Crippen molar-refractivity contribution in [2.24, 2.45) is 0 Å². The molecule has 0 radical (unpaired) electrons. The molecule has 0 saturated heterocycles. The minimum absolute atomic E-state index is 0.0332. The number of amides is 2. The summed E-state index contributed by atoms with van der Waals surface area (Å²) in [4.78, 5) is 41.6. The van der Waals surface area contributed by atoms with Gasteiger partial charge in [-0.05, 0) is 31.4 Å². The fraction of sp³-hybridized carbons (Fsp3) is 0.296. The first-order valence-electron chi connectivity index (χ1n) is 11.7. The van der Waals surface area contributed by atoms with Gasteiger partial charge < -0.3 is 19.5 Å². The summed E-state index contributed by atoms with van der Waals surface area (Å²) >= 11 is 0. The van der Waals surface area contributed by atoms with Gasteiger partial charge in [0.2, 0.25) is 5.43 Å². The van der Waals surface area contributed by atoms with Crippen molar-refractivity contribution in [3.63, 3.8) is 0 Å². The largest absolute Gasteiger partial charge is 0.483 e. The van der Waals surface area contributed by atoms with Gasteiger partial charge in [-0.2, -0.15) is 0 Å². The van der Waals surface area contributed by atoms with Gasteiger partial charge in [0.05, 0.1) is 11.6 Å². The molecule has 3 aromatic rings. The Balaban J connectivity index is 1.53. The summed E-state index contributed by atoms with van der Waals surface area (Å²) in [6.07, 6.45) is 3.01. The van der Waals surface area contributed by atoms with Crippen LogP contribution in [0.2, 0.25) is 0 Å². The molecule has 2 aliphatic rings. The second-order valence-electron chi connectivity index (χ2n) is 9.29. The monoisotopic (exact) mass is 493 g/mol. The van der Waals surface area contributed by atoms with Crippen molar-refractivity contribution in [3.05, 3.63) is 99.0 Å². The van der Waals surface area contributed by atoms with E-state index in [1.165, 1.54) is 12.3 Å². The van der Waals surface area contributed by atoms with Crippen molar-refractivity contribution in [1.29, 1.82) is 0 Å². The van der Waals surface area contributed by atoms with Crippen LogP contribution in [0.5, 0.6) is 5.75 Å². The van der Waals surface area contributed by atoms with Gasteiger partial charge in [-0.25, -0.2) is 8.78 Å². The van der Waals surface area contributed by atoms with Gasteiger partial charge in [0.25, 0.3) is 11.8 Å². The lowest BCUT2D eigenvalue weighted by molar-refractivity contribution is 0.0546. The van der Waals surface area contributed by atoms with Gasteiger partial charge in [0, 0.05) is 31.4 Å². The number of fused-ring (bicyclic) bond motifs is 1. The molecule has 186 valence electrons. The Morgan fingerprint density at radius 1 is 1.14 bits per heavy atom. The lowest BCUT2D eigenvalue weighted by atomic mass is 9.99. The van der Waals surface area contributed by atoms with E-state index in [1.807, 2.05) is 37.3 Å². The predicted molar refractivity (Wildman–Crippen MR) is 128 cm³/mol. The van der Waals surface area contributed by atoms with Crippen molar-refractivity contribution in [1.82, 2.24) is 14.8 Å². The molecule has 2 aromatic carbocycles. The third kappa shape index (κ3) is 3.94. The number of pyridine rings is 1. The highest BCUT2D eigenvalue weighted by molar-refractivity contribution is 5.99. The first kappa shape index (κ1) is 23.7. The average Bonchev–Trinajstić information content (AvgIpc) is 3.67. The number of hydrogen-bond donors (Lipinski definition) is 1. The average molecular weight is 494 g/mol. The summed E-state index contributed by atoms with van der Waals surface area (Å²) in [5.41, 5.74) is -0.351. The smallest absolute Gasteiger partial charge is 0.274 e. The van der Waals surface area contributed by atoms with E-state index in [1.54, 1.807) is 16.5 Å². The zero-order valence-corrected chi connectivity index (χ0v) is 19.9. The highest BCUT2D eigenvalue weighted by atomic mass is 19.1. The summed E-state index contributed by atoms with van der Waals surface area (Å²) in [5.74, 6) is -2.81. The summed E-state index contributed by atoms with van der Waals surface area (Å²) in [6, 6.07) is 12.0. The van der Waals surface area contributed by atoms with E-state index in [4.69, 9.17) is 4.74 Å². The number of carbonyl (C=O) groups excluding carboxylic acids is 2. The Morgan fingerprint density at radius 2 is 1.86 bits per heavy atom. The van der Waals surface area contributed by atoms with E-state index in [0.717, 1.165) is 30.5 Å².